The highest BCUT2D eigenvalue weighted by molar-refractivity contribution is 5.92. The Balaban J connectivity index is 4.45. The van der Waals surface area contributed by atoms with Crippen molar-refractivity contribution < 1.29 is 39.3 Å². The second-order valence-electron chi connectivity index (χ2n) is 5.21. The van der Waals surface area contributed by atoms with Gasteiger partial charge in [-0.1, -0.05) is 0 Å². The van der Waals surface area contributed by atoms with E-state index in [-0.39, 0.29) is 12.8 Å². The first-order valence-electron chi connectivity index (χ1n) is 7.48. The number of nitrogens with two attached hydrogens (primary N) is 2. The SMILES string of the molecule is NC(=O)CCC(N)C(=O)NCC(=O)NC(CO)C(=O)NC(CO)C(=O)O. The van der Waals surface area contributed by atoms with Gasteiger partial charge in [-0.15, -0.1) is 0 Å². The molecule has 0 spiro atoms. The first kappa shape index (κ1) is 23.2. The molecule has 0 aromatic rings. The number of carboxylic acid groups (broad SMARTS) is 1. The Kier molecular flexibility index (Phi) is 10.5. The van der Waals surface area contributed by atoms with Crippen LogP contribution in [-0.2, 0) is 24.0 Å². The highest BCUT2D eigenvalue weighted by Crippen LogP contribution is 1.94. The molecule has 3 unspecified atom stereocenters. The molecule has 0 radical (unpaired) electrons. The van der Waals surface area contributed by atoms with Crippen LogP contribution in [0.4, 0.5) is 0 Å². The van der Waals surface area contributed by atoms with E-state index >= 15 is 0 Å². The molecule has 0 aliphatic carbocycles. The summed E-state index contributed by atoms with van der Waals surface area (Å²) in [5, 5.41) is 32.8. The van der Waals surface area contributed by atoms with Crippen LogP contribution in [0.25, 0.3) is 0 Å². The van der Waals surface area contributed by atoms with E-state index in [1.165, 1.54) is 0 Å². The topological polar surface area (TPSA) is 234 Å². The molecule has 0 aromatic heterocycles. The number of carbonyl (C=O) groups is 5. The minimum atomic E-state index is -1.60. The van der Waals surface area contributed by atoms with Gasteiger partial charge in [0.15, 0.2) is 0 Å². The van der Waals surface area contributed by atoms with Gasteiger partial charge in [0.2, 0.25) is 23.6 Å². The molecular weight excluding hydrogens is 354 g/mol. The van der Waals surface area contributed by atoms with E-state index in [4.69, 9.17) is 26.8 Å². The van der Waals surface area contributed by atoms with Crippen molar-refractivity contribution >= 4 is 29.6 Å². The lowest BCUT2D eigenvalue weighted by Crippen LogP contribution is -2.55. The zero-order valence-electron chi connectivity index (χ0n) is 13.8. The highest BCUT2D eigenvalue weighted by Gasteiger charge is 2.25. The number of hydrogen-bond donors (Lipinski definition) is 8. The third-order valence-corrected chi connectivity index (χ3v) is 3.09. The normalized spacial score (nSPS) is 13.8. The molecule has 0 saturated heterocycles. The molecule has 148 valence electrons. The molecule has 10 N–H and O–H groups in total. The largest absolute Gasteiger partial charge is 0.480 e. The number of aliphatic carboxylic acids is 1. The van der Waals surface area contributed by atoms with Crippen molar-refractivity contribution in [2.45, 2.75) is 31.0 Å². The van der Waals surface area contributed by atoms with Crippen LogP contribution in [0.2, 0.25) is 0 Å². The maximum absolute atomic E-state index is 11.8. The number of nitrogens with one attached hydrogen (secondary N) is 3. The summed E-state index contributed by atoms with van der Waals surface area (Å²) in [4.78, 5) is 56.4. The Morgan fingerprint density at radius 1 is 0.923 bits per heavy atom. The van der Waals surface area contributed by atoms with E-state index in [0.717, 1.165) is 0 Å². The summed E-state index contributed by atoms with van der Waals surface area (Å²) in [6, 6.07) is -4.15. The quantitative estimate of drug-likeness (QED) is 0.162. The Morgan fingerprint density at radius 2 is 1.50 bits per heavy atom. The van der Waals surface area contributed by atoms with E-state index in [1.807, 2.05) is 5.32 Å². The predicted molar refractivity (Wildman–Crippen MR) is 85.1 cm³/mol. The number of rotatable bonds is 12. The highest BCUT2D eigenvalue weighted by atomic mass is 16.4. The Morgan fingerprint density at radius 3 is 1.96 bits per heavy atom. The van der Waals surface area contributed by atoms with Crippen molar-refractivity contribution in [1.29, 1.82) is 0 Å². The van der Waals surface area contributed by atoms with E-state index in [1.54, 1.807) is 0 Å². The summed E-state index contributed by atoms with van der Waals surface area (Å²) >= 11 is 0. The summed E-state index contributed by atoms with van der Waals surface area (Å²) in [7, 11) is 0. The molecule has 0 aliphatic heterocycles. The van der Waals surface area contributed by atoms with Crippen LogP contribution in [0.1, 0.15) is 12.8 Å². The molecule has 0 aromatic carbocycles. The molecule has 0 fully saturated rings. The monoisotopic (exact) mass is 377 g/mol. The van der Waals surface area contributed by atoms with Crippen molar-refractivity contribution in [2.24, 2.45) is 11.5 Å². The predicted octanol–water partition coefficient (Wildman–Crippen LogP) is -5.27. The second kappa shape index (κ2) is 11.7. The van der Waals surface area contributed by atoms with Crippen LogP contribution in [0.15, 0.2) is 0 Å². The minimum Gasteiger partial charge on any atom is -0.480 e. The van der Waals surface area contributed by atoms with Crippen molar-refractivity contribution in [3.05, 3.63) is 0 Å². The summed E-state index contributed by atoms with van der Waals surface area (Å²) in [6.07, 6.45) is -0.120. The lowest BCUT2D eigenvalue weighted by atomic mass is 10.1. The molecule has 0 bridgehead atoms. The van der Waals surface area contributed by atoms with Gasteiger partial charge in [0.05, 0.1) is 25.8 Å². The zero-order valence-corrected chi connectivity index (χ0v) is 13.8. The van der Waals surface area contributed by atoms with E-state index in [0.29, 0.717) is 0 Å². The van der Waals surface area contributed by atoms with Crippen molar-refractivity contribution in [1.82, 2.24) is 16.0 Å². The first-order chi connectivity index (χ1) is 12.1. The molecule has 0 rings (SSSR count). The number of primary amides is 1. The van der Waals surface area contributed by atoms with Gasteiger partial charge >= 0.3 is 5.97 Å². The molecule has 26 heavy (non-hydrogen) atoms. The minimum absolute atomic E-state index is 0.0117. The maximum atomic E-state index is 11.8. The van der Waals surface area contributed by atoms with Gasteiger partial charge in [-0.2, -0.15) is 0 Å². The summed E-state index contributed by atoms with van der Waals surface area (Å²) in [5.74, 6) is -4.75. The van der Waals surface area contributed by atoms with Crippen LogP contribution in [-0.4, -0.2) is 82.8 Å². The van der Waals surface area contributed by atoms with Crippen LogP contribution in [0, 0.1) is 0 Å². The van der Waals surface area contributed by atoms with E-state index in [2.05, 4.69) is 10.6 Å². The van der Waals surface area contributed by atoms with Crippen molar-refractivity contribution in [2.75, 3.05) is 19.8 Å². The molecule has 4 amide bonds. The van der Waals surface area contributed by atoms with Gasteiger partial charge in [0.1, 0.15) is 12.1 Å². The third kappa shape index (κ3) is 8.91. The summed E-state index contributed by atoms with van der Waals surface area (Å²) < 4.78 is 0. The van der Waals surface area contributed by atoms with E-state index in [9.17, 15) is 24.0 Å². The van der Waals surface area contributed by atoms with Crippen LogP contribution in [0.3, 0.4) is 0 Å². The van der Waals surface area contributed by atoms with Crippen molar-refractivity contribution in [3.8, 4) is 0 Å². The number of aliphatic hydroxyl groups excluding tert-OH is 2. The van der Waals surface area contributed by atoms with Gasteiger partial charge in [0.25, 0.3) is 0 Å². The summed E-state index contributed by atoms with van der Waals surface area (Å²) in [5.41, 5.74) is 10.4. The Hall–Kier alpha value is -2.77. The van der Waals surface area contributed by atoms with Crippen LogP contribution in [0.5, 0.6) is 0 Å². The van der Waals surface area contributed by atoms with Gasteiger partial charge < -0.3 is 42.7 Å². The number of carbonyl (C=O) groups excluding carboxylic acids is 4. The number of carboxylic acids is 1. The molecule has 3 atom stereocenters. The fourth-order valence-corrected chi connectivity index (χ4v) is 1.62. The molecule has 13 nitrogen and oxygen atoms in total. The third-order valence-electron chi connectivity index (χ3n) is 3.09. The lowest BCUT2D eigenvalue weighted by Gasteiger charge is -2.19. The van der Waals surface area contributed by atoms with Gasteiger partial charge in [-0.05, 0) is 6.42 Å². The van der Waals surface area contributed by atoms with Crippen LogP contribution < -0.4 is 27.4 Å². The van der Waals surface area contributed by atoms with Gasteiger partial charge in [-0.25, -0.2) is 4.79 Å². The van der Waals surface area contributed by atoms with Crippen molar-refractivity contribution in [3.63, 3.8) is 0 Å². The first-order valence-corrected chi connectivity index (χ1v) is 7.48. The zero-order chi connectivity index (χ0) is 20.3. The Bertz CT molecular complexity index is 541. The molecular formula is C13H23N5O8. The number of aliphatic hydroxyl groups is 2. The number of hydrogen-bond acceptors (Lipinski definition) is 8. The fraction of sp³-hybridized carbons (Fsp3) is 0.615. The molecule has 0 saturated carbocycles. The molecule has 0 aliphatic rings. The van der Waals surface area contributed by atoms with E-state index < -0.39 is 67.5 Å². The fourth-order valence-electron chi connectivity index (χ4n) is 1.62. The standard InChI is InChI=1S/C13H23N5O8/c14-6(1-2-9(15)21)11(23)16-3-10(22)17-7(4-19)12(24)18-8(5-20)13(25)26/h6-8,19-20H,1-5,14H2,(H2,15,21)(H,16,23)(H,17,22)(H,18,24)(H,25,26). The molecule has 0 heterocycles. The maximum Gasteiger partial charge on any atom is 0.328 e. The average molecular weight is 377 g/mol. The molecule has 13 heteroatoms. The summed E-state index contributed by atoms with van der Waals surface area (Å²) in [6.45, 7) is -2.30. The second-order valence-corrected chi connectivity index (χ2v) is 5.21. The van der Waals surface area contributed by atoms with Gasteiger partial charge in [0, 0.05) is 6.42 Å². The number of amides is 4. The van der Waals surface area contributed by atoms with Crippen LogP contribution >= 0.6 is 0 Å². The average Bonchev–Trinajstić information content (AvgIpc) is 2.59. The van der Waals surface area contributed by atoms with Gasteiger partial charge in [-0.3, -0.25) is 19.2 Å². The smallest absolute Gasteiger partial charge is 0.328 e. The Labute approximate surface area is 148 Å². The lowest BCUT2D eigenvalue weighted by molar-refractivity contribution is -0.143.